The SMILES string of the molecule is CCCCN(C)C(=O)c1cc(C)nc(Nc2ccc(Oc3ccccc3)cc2)n1. The van der Waals surface area contributed by atoms with Gasteiger partial charge in [-0.2, -0.15) is 0 Å². The van der Waals surface area contributed by atoms with Crippen LogP contribution in [0, 0.1) is 6.92 Å². The molecule has 1 N–H and O–H groups in total. The van der Waals surface area contributed by atoms with Crippen LogP contribution in [-0.4, -0.2) is 34.4 Å². The number of hydrogen-bond acceptors (Lipinski definition) is 5. The van der Waals surface area contributed by atoms with E-state index in [0.717, 1.165) is 35.7 Å². The molecule has 0 aliphatic carbocycles. The van der Waals surface area contributed by atoms with Crippen molar-refractivity contribution >= 4 is 17.5 Å². The number of ether oxygens (including phenoxy) is 1. The lowest BCUT2D eigenvalue weighted by Crippen LogP contribution is -2.28. The number of rotatable bonds is 8. The highest BCUT2D eigenvalue weighted by molar-refractivity contribution is 5.92. The molecule has 0 unspecified atom stereocenters. The molecule has 3 aromatic rings. The van der Waals surface area contributed by atoms with Crippen molar-refractivity contribution in [2.45, 2.75) is 26.7 Å². The van der Waals surface area contributed by atoms with E-state index in [-0.39, 0.29) is 5.91 Å². The molecule has 6 heteroatoms. The molecule has 0 aliphatic rings. The number of carbonyl (C=O) groups is 1. The van der Waals surface area contributed by atoms with Crippen LogP contribution in [0.25, 0.3) is 0 Å². The van der Waals surface area contributed by atoms with Crippen LogP contribution in [-0.2, 0) is 0 Å². The standard InChI is InChI=1S/C23H26N4O2/c1-4-5-15-27(3)22(28)21-16-17(2)24-23(26-21)25-18-11-13-20(14-12-18)29-19-9-7-6-8-10-19/h6-14,16H,4-5,15H2,1-3H3,(H,24,25,26). The summed E-state index contributed by atoms with van der Waals surface area (Å²) in [4.78, 5) is 23.1. The Hall–Kier alpha value is -3.41. The largest absolute Gasteiger partial charge is 0.457 e. The topological polar surface area (TPSA) is 67.4 Å². The van der Waals surface area contributed by atoms with Crippen LogP contribution in [0.5, 0.6) is 11.5 Å². The lowest BCUT2D eigenvalue weighted by atomic mass is 10.2. The molecule has 0 atom stereocenters. The third kappa shape index (κ3) is 5.78. The number of amides is 1. The summed E-state index contributed by atoms with van der Waals surface area (Å²) in [5.74, 6) is 1.82. The number of aryl methyl sites for hydroxylation is 1. The molecule has 0 fully saturated rings. The Bertz CT molecular complexity index is 943. The fraction of sp³-hybridized carbons (Fsp3) is 0.261. The third-order valence-corrected chi connectivity index (χ3v) is 4.36. The molecule has 29 heavy (non-hydrogen) atoms. The molecule has 6 nitrogen and oxygen atoms in total. The zero-order chi connectivity index (χ0) is 20.6. The van der Waals surface area contributed by atoms with Crippen molar-refractivity contribution in [2.75, 3.05) is 18.9 Å². The van der Waals surface area contributed by atoms with Crippen LogP contribution in [0.1, 0.15) is 35.9 Å². The summed E-state index contributed by atoms with van der Waals surface area (Å²) in [7, 11) is 1.80. The van der Waals surface area contributed by atoms with Crippen molar-refractivity contribution in [3.63, 3.8) is 0 Å². The fourth-order valence-electron chi connectivity index (χ4n) is 2.79. The van der Waals surface area contributed by atoms with Gasteiger partial charge in [0.15, 0.2) is 0 Å². The van der Waals surface area contributed by atoms with Gasteiger partial charge in [-0.3, -0.25) is 4.79 Å². The summed E-state index contributed by atoms with van der Waals surface area (Å²) in [6.45, 7) is 4.67. The smallest absolute Gasteiger partial charge is 0.272 e. The zero-order valence-corrected chi connectivity index (χ0v) is 17.1. The van der Waals surface area contributed by atoms with Crippen molar-refractivity contribution < 1.29 is 9.53 Å². The minimum atomic E-state index is -0.0985. The minimum Gasteiger partial charge on any atom is -0.457 e. The molecule has 0 radical (unpaired) electrons. The number of hydrogen-bond donors (Lipinski definition) is 1. The average molecular weight is 390 g/mol. The maximum absolute atomic E-state index is 12.6. The first-order valence-electron chi connectivity index (χ1n) is 9.76. The van der Waals surface area contributed by atoms with Gasteiger partial charge in [0.05, 0.1) is 0 Å². The maximum atomic E-state index is 12.6. The number of anilines is 2. The van der Waals surface area contributed by atoms with E-state index in [1.807, 2.05) is 61.5 Å². The Kier molecular flexibility index (Phi) is 6.79. The molecule has 0 aliphatic heterocycles. The first-order chi connectivity index (χ1) is 14.0. The van der Waals surface area contributed by atoms with E-state index < -0.39 is 0 Å². The second kappa shape index (κ2) is 9.68. The van der Waals surface area contributed by atoms with Gasteiger partial charge in [-0.15, -0.1) is 0 Å². The summed E-state index contributed by atoms with van der Waals surface area (Å²) in [5.41, 5.74) is 1.94. The number of nitrogens with one attached hydrogen (secondary N) is 1. The zero-order valence-electron chi connectivity index (χ0n) is 17.1. The fourth-order valence-corrected chi connectivity index (χ4v) is 2.79. The van der Waals surface area contributed by atoms with Gasteiger partial charge in [-0.25, -0.2) is 9.97 Å². The molecule has 1 amide bonds. The van der Waals surface area contributed by atoms with E-state index in [9.17, 15) is 4.79 Å². The van der Waals surface area contributed by atoms with Gasteiger partial charge in [0.2, 0.25) is 5.95 Å². The van der Waals surface area contributed by atoms with Gasteiger partial charge in [-0.05, 0) is 55.8 Å². The molecule has 3 rings (SSSR count). The number of carbonyl (C=O) groups excluding carboxylic acids is 1. The van der Waals surface area contributed by atoms with Crippen molar-refractivity contribution in [1.29, 1.82) is 0 Å². The molecular formula is C23H26N4O2. The van der Waals surface area contributed by atoms with Crippen LogP contribution < -0.4 is 10.1 Å². The quantitative estimate of drug-likeness (QED) is 0.573. The number of nitrogens with zero attached hydrogens (tertiary/aromatic N) is 3. The van der Waals surface area contributed by atoms with Crippen molar-refractivity contribution in [1.82, 2.24) is 14.9 Å². The Morgan fingerprint density at radius 3 is 2.41 bits per heavy atom. The van der Waals surface area contributed by atoms with Gasteiger partial charge in [0.25, 0.3) is 5.91 Å². The summed E-state index contributed by atoms with van der Waals surface area (Å²) < 4.78 is 5.80. The van der Waals surface area contributed by atoms with E-state index >= 15 is 0 Å². The van der Waals surface area contributed by atoms with Gasteiger partial charge < -0.3 is 15.0 Å². The molecule has 1 aromatic heterocycles. The molecule has 0 bridgehead atoms. The summed E-state index contributed by atoms with van der Waals surface area (Å²) >= 11 is 0. The normalized spacial score (nSPS) is 10.4. The van der Waals surface area contributed by atoms with E-state index in [1.165, 1.54) is 0 Å². The number of unbranched alkanes of at least 4 members (excludes halogenated alkanes) is 1. The molecule has 1 heterocycles. The van der Waals surface area contributed by atoms with Gasteiger partial charge in [0.1, 0.15) is 17.2 Å². The molecule has 0 spiro atoms. The van der Waals surface area contributed by atoms with E-state index in [2.05, 4.69) is 22.2 Å². The Morgan fingerprint density at radius 1 is 1.03 bits per heavy atom. The predicted molar refractivity (Wildman–Crippen MR) is 115 cm³/mol. The highest BCUT2D eigenvalue weighted by atomic mass is 16.5. The number of aromatic nitrogens is 2. The summed E-state index contributed by atoms with van der Waals surface area (Å²) in [6, 6.07) is 18.8. The molecule has 0 saturated heterocycles. The minimum absolute atomic E-state index is 0.0985. The van der Waals surface area contributed by atoms with Gasteiger partial charge >= 0.3 is 0 Å². The van der Waals surface area contributed by atoms with E-state index in [1.54, 1.807) is 18.0 Å². The summed E-state index contributed by atoms with van der Waals surface area (Å²) in [6.07, 6.45) is 2.01. The first kappa shape index (κ1) is 20.3. The number of para-hydroxylation sites is 1. The molecule has 0 saturated carbocycles. The van der Waals surface area contributed by atoms with Crippen LogP contribution in [0.4, 0.5) is 11.6 Å². The monoisotopic (exact) mass is 390 g/mol. The van der Waals surface area contributed by atoms with Crippen molar-refractivity contribution in [3.8, 4) is 11.5 Å². The lowest BCUT2D eigenvalue weighted by Gasteiger charge is -2.17. The Morgan fingerprint density at radius 2 is 1.72 bits per heavy atom. The Balaban J connectivity index is 1.69. The highest BCUT2D eigenvalue weighted by Gasteiger charge is 2.15. The molecular weight excluding hydrogens is 364 g/mol. The van der Waals surface area contributed by atoms with Crippen molar-refractivity contribution in [2.24, 2.45) is 0 Å². The molecule has 2 aromatic carbocycles. The van der Waals surface area contributed by atoms with Crippen LogP contribution >= 0.6 is 0 Å². The number of benzene rings is 2. The second-order valence-electron chi connectivity index (χ2n) is 6.86. The lowest BCUT2D eigenvalue weighted by molar-refractivity contribution is 0.0787. The van der Waals surface area contributed by atoms with E-state index in [0.29, 0.717) is 18.2 Å². The second-order valence-corrected chi connectivity index (χ2v) is 6.86. The third-order valence-electron chi connectivity index (χ3n) is 4.36. The van der Waals surface area contributed by atoms with Gasteiger partial charge in [-0.1, -0.05) is 31.5 Å². The van der Waals surface area contributed by atoms with Gasteiger partial charge in [0, 0.05) is 25.0 Å². The van der Waals surface area contributed by atoms with Crippen LogP contribution in [0.15, 0.2) is 60.7 Å². The predicted octanol–water partition coefficient (Wildman–Crippen LogP) is 5.19. The summed E-state index contributed by atoms with van der Waals surface area (Å²) in [5, 5.41) is 3.16. The van der Waals surface area contributed by atoms with Crippen molar-refractivity contribution in [3.05, 3.63) is 72.1 Å². The highest BCUT2D eigenvalue weighted by Crippen LogP contribution is 2.23. The first-order valence-corrected chi connectivity index (χ1v) is 9.76. The molecule has 150 valence electrons. The van der Waals surface area contributed by atoms with Crippen LogP contribution in [0.2, 0.25) is 0 Å². The Labute approximate surface area is 171 Å². The van der Waals surface area contributed by atoms with Crippen LogP contribution in [0.3, 0.4) is 0 Å². The van der Waals surface area contributed by atoms with E-state index in [4.69, 9.17) is 4.74 Å². The average Bonchev–Trinajstić information content (AvgIpc) is 2.73. The maximum Gasteiger partial charge on any atom is 0.272 e.